The van der Waals surface area contributed by atoms with E-state index in [1.807, 2.05) is 0 Å². The van der Waals surface area contributed by atoms with E-state index in [0.717, 1.165) is 31.4 Å². The summed E-state index contributed by atoms with van der Waals surface area (Å²) in [7, 11) is 1.72. The Morgan fingerprint density at radius 1 is 1.23 bits per heavy atom. The third kappa shape index (κ3) is 1.88. The Hall–Kier alpha value is -1.06. The minimum atomic E-state index is -0.546. The lowest BCUT2D eigenvalue weighted by Gasteiger charge is -2.49. The van der Waals surface area contributed by atoms with Gasteiger partial charge in [0.25, 0.3) is 0 Å². The van der Waals surface area contributed by atoms with Crippen molar-refractivity contribution in [1.82, 2.24) is 0 Å². The maximum atomic E-state index is 10.4. The van der Waals surface area contributed by atoms with Crippen LogP contribution in [0.4, 0.5) is 0 Å². The second kappa shape index (κ2) is 4.97. The van der Waals surface area contributed by atoms with Crippen LogP contribution < -0.4 is 4.74 Å². The number of methoxy groups -OCH3 is 1. The molecule has 2 fully saturated rings. The molecule has 0 unspecified atom stereocenters. The fraction of sp³-hybridized carbons (Fsp3) is 0.684. The summed E-state index contributed by atoms with van der Waals surface area (Å²) in [6.45, 7) is 2.19. The molecule has 3 aliphatic rings. The lowest BCUT2D eigenvalue weighted by atomic mass is 9.55. The van der Waals surface area contributed by atoms with Gasteiger partial charge >= 0.3 is 0 Å². The average molecular weight is 302 g/mol. The first-order valence-electron chi connectivity index (χ1n) is 8.57. The number of aliphatic hydroxyl groups is 2. The molecule has 0 aromatic heterocycles. The third-order valence-corrected chi connectivity index (χ3v) is 6.91. The van der Waals surface area contributed by atoms with Crippen LogP contribution in [0.1, 0.15) is 49.7 Å². The van der Waals surface area contributed by atoms with Gasteiger partial charge in [-0.05, 0) is 78.5 Å². The fourth-order valence-corrected chi connectivity index (χ4v) is 5.67. The van der Waals surface area contributed by atoms with E-state index in [1.165, 1.54) is 17.5 Å². The van der Waals surface area contributed by atoms with Crippen LogP contribution in [0.25, 0.3) is 0 Å². The van der Waals surface area contributed by atoms with E-state index >= 15 is 0 Å². The van der Waals surface area contributed by atoms with E-state index in [2.05, 4.69) is 25.1 Å². The molecule has 0 amide bonds. The highest BCUT2D eigenvalue weighted by atomic mass is 16.5. The number of aryl methyl sites for hydroxylation is 1. The Labute approximate surface area is 132 Å². The largest absolute Gasteiger partial charge is 0.497 e. The first-order chi connectivity index (χ1) is 10.5. The Morgan fingerprint density at radius 2 is 2.05 bits per heavy atom. The van der Waals surface area contributed by atoms with Gasteiger partial charge in [-0.2, -0.15) is 0 Å². The summed E-state index contributed by atoms with van der Waals surface area (Å²) in [6, 6.07) is 6.51. The van der Waals surface area contributed by atoms with Crippen molar-refractivity contribution in [3.63, 3.8) is 0 Å². The molecule has 2 N–H and O–H groups in total. The first-order valence-corrected chi connectivity index (χ1v) is 8.57. The molecule has 0 aliphatic heterocycles. The minimum absolute atomic E-state index is 0.0927. The normalized spacial score (nSPS) is 43.2. The number of benzene rings is 1. The van der Waals surface area contributed by atoms with Gasteiger partial charge < -0.3 is 14.9 Å². The fourth-order valence-electron chi connectivity index (χ4n) is 5.67. The lowest BCUT2D eigenvalue weighted by molar-refractivity contribution is -0.0505. The van der Waals surface area contributed by atoms with E-state index in [0.29, 0.717) is 17.8 Å². The number of hydrogen-bond donors (Lipinski definition) is 2. The highest BCUT2D eigenvalue weighted by molar-refractivity contribution is 5.40. The summed E-state index contributed by atoms with van der Waals surface area (Å²) in [6.07, 6.45) is 4.09. The van der Waals surface area contributed by atoms with Crippen molar-refractivity contribution in [3.05, 3.63) is 29.3 Å². The number of rotatable bonds is 1. The van der Waals surface area contributed by atoms with Crippen molar-refractivity contribution < 1.29 is 14.9 Å². The second-order valence-corrected chi connectivity index (χ2v) is 7.77. The summed E-state index contributed by atoms with van der Waals surface area (Å²) < 4.78 is 5.36. The van der Waals surface area contributed by atoms with E-state index in [9.17, 15) is 10.2 Å². The van der Waals surface area contributed by atoms with Gasteiger partial charge in [0.05, 0.1) is 19.3 Å². The topological polar surface area (TPSA) is 49.7 Å². The molecule has 2 saturated carbocycles. The van der Waals surface area contributed by atoms with Gasteiger partial charge in [0, 0.05) is 0 Å². The monoisotopic (exact) mass is 302 g/mol. The summed E-state index contributed by atoms with van der Waals surface area (Å²) in [5, 5.41) is 20.6. The third-order valence-electron chi connectivity index (χ3n) is 6.91. The SMILES string of the molecule is COc1ccc2c(c1)CC[C@@H]1[C@@H]2CC[C@]2(C)[C@@H]1C[C@@H](O)[C@@H]2O. The van der Waals surface area contributed by atoms with Crippen molar-refractivity contribution in [2.45, 2.75) is 57.2 Å². The van der Waals surface area contributed by atoms with Crippen molar-refractivity contribution in [2.75, 3.05) is 7.11 Å². The molecule has 6 atom stereocenters. The molecule has 4 rings (SSSR count). The van der Waals surface area contributed by atoms with Crippen LogP contribution in [0.3, 0.4) is 0 Å². The van der Waals surface area contributed by atoms with Crippen LogP contribution in [-0.2, 0) is 6.42 Å². The molecule has 3 nitrogen and oxygen atoms in total. The molecule has 120 valence electrons. The Kier molecular flexibility index (Phi) is 3.28. The van der Waals surface area contributed by atoms with Crippen LogP contribution in [0.2, 0.25) is 0 Å². The Bertz CT molecular complexity index is 584. The summed E-state index contributed by atoms with van der Waals surface area (Å²) in [5.41, 5.74) is 2.82. The van der Waals surface area contributed by atoms with E-state index in [1.54, 1.807) is 7.11 Å². The zero-order valence-corrected chi connectivity index (χ0v) is 13.5. The Balaban J connectivity index is 1.69. The van der Waals surface area contributed by atoms with Gasteiger partial charge in [-0.1, -0.05) is 13.0 Å². The van der Waals surface area contributed by atoms with Crippen LogP contribution >= 0.6 is 0 Å². The molecular formula is C19H26O3. The zero-order valence-electron chi connectivity index (χ0n) is 13.5. The maximum absolute atomic E-state index is 10.4. The summed E-state index contributed by atoms with van der Waals surface area (Å²) in [5.74, 6) is 2.59. The number of fused-ring (bicyclic) bond motifs is 5. The molecule has 0 heterocycles. The van der Waals surface area contributed by atoms with Gasteiger partial charge in [-0.15, -0.1) is 0 Å². The van der Waals surface area contributed by atoms with Crippen molar-refractivity contribution >= 4 is 0 Å². The molecular weight excluding hydrogens is 276 g/mol. The molecule has 0 radical (unpaired) electrons. The van der Waals surface area contributed by atoms with Crippen LogP contribution in [0.15, 0.2) is 18.2 Å². The molecule has 3 heteroatoms. The lowest BCUT2D eigenvalue weighted by Crippen LogP contribution is -2.44. The quantitative estimate of drug-likeness (QED) is 0.838. The van der Waals surface area contributed by atoms with Crippen LogP contribution in [0.5, 0.6) is 5.75 Å². The maximum Gasteiger partial charge on any atom is 0.119 e. The van der Waals surface area contributed by atoms with Gasteiger partial charge in [0.1, 0.15) is 5.75 Å². The van der Waals surface area contributed by atoms with Gasteiger partial charge in [0.2, 0.25) is 0 Å². The van der Waals surface area contributed by atoms with Crippen molar-refractivity contribution in [1.29, 1.82) is 0 Å². The van der Waals surface area contributed by atoms with E-state index < -0.39 is 12.2 Å². The Morgan fingerprint density at radius 3 is 2.82 bits per heavy atom. The van der Waals surface area contributed by atoms with Gasteiger partial charge in [-0.25, -0.2) is 0 Å². The van der Waals surface area contributed by atoms with Crippen molar-refractivity contribution in [3.8, 4) is 5.75 Å². The number of hydrogen-bond acceptors (Lipinski definition) is 3. The molecule has 3 aliphatic carbocycles. The van der Waals surface area contributed by atoms with Crippen molar-refractivity contribution in [2.24, 2.45) is 17.3 Å². The molecule has 1 aromatic carbocycles. The zero-order chi connectivity index (χ0) is 15.5. The molecule has 0 bridgehead atoms. The van der Waals surface area contributed by atoms with Gasteiger partial charge in [-0.3, -0.25) is 0 Å². The van der Waals surface area contributed by atoms with E-state index in [4.69, 9.17) is 4.74 Å². The highest BCUT2D eigenvalue weighted by Gasteiger charge is 2.57. The van der Waals surface area contributed by atoms with Gasteiger partial charge in [0.15, 0.2) is 0 Å². The van der Waals surface area contributed by atoms with E-state index in [-0.39, 0.29) is 5.41 Å². The smallest absolute Gasteiger partial charge is 0.119 e. The molecule has 22 heavy (non-hydrogen) atoms. The average Bonchev–Trinajstić information content (AvgIpc) is 2.77. The number of ether oxygens (including phenoxy) is 1. The first kappa shape index (κ1) is 14.5. The number of aliphatic hydroxyl groups excluding tert-OH is 2. The molecule has 0 saturated heterocycles. The van der Waals surface area contributed by atoms with Crippen LogP contribution in [0, 0.1) is 17.3 Å². The minimum Gasteiger partial charge on any atom is -0.497 e. The summed E-state index contributed by atoms with van der Waals surface area (Å²) >= 11 is 0. The molecule has 1 aromatic rings. The predicted molar refractivity (Wildman–Crippen MR) is 85.0 cm³/mol. The highest BCUT2D eigenvalue weighted by Crippen LogP contribution is 2.60. The molecule has 0 spiro atoms. The predicted octanol–water partition coefficient (Wildman–Crippen LogP) is 2.88. The summed E-state index contributed by atoms with van der Waals surface area (Å²) in [4.78, 5) is 0. The standard InChI is InChI=1S/C19H26O3/c1-19-8-7-14-13-6-4-12(22-2)9-11(13)3-5-15(14)16(19)10-17(20)18(19)21/h4,6,9,14-18,20-21H,3,5,7-8,10H2,1-2H3/t14-,15-,16-,17-,18+,19-/m1/s1. The van der Waals surface area contributed by atoms with Crippen LogP contribution in [-0.4, -0.2) is 29.5 Å². The second-order valence-electron chi connectivity index (χ2n) is 7.77.